The van der Waals surface area contributed by atoms with Gasteiger partial charge in [0.2, 0.25) is 0 Å². The van der Waals surface area contributed by atoms with E-state index >= 15 is 0 Å². The first kappa shape index (κ1) is 16.8. The van der Waals surface area contributed by atoms with E-state index in [1.54, 1.807) is 0 Å². The van der Waals surface area contributed by atoms with Crippen LogP contribution in [0.25, 0.3) is 0 Å². The Bertz CT molecular complexity index is 404. The van der Waals surface area contributed by atoms with Crippen molar-refractivity contribution in [3.8, 4) is 0 Å². The van der Waals surface area contributed by atoms with Crippen LogP contribution in [0.1, 0.15) is 38.2 Å². The summed E-state index contributed by atoms with van der Waals surface area (Å²) in [6, 6.07) is 8.32. The third-order valence-electron chi connectivity index (χ3n) is 4.28. The van der Waals surface area contributed by atoms with Crippen molar-refractivity contribution in [2.24, 2.45) is 11.8 Å². The van der Waals surface area contributed by atoms with Gasteiger partial charge in [-0.15, -0.1) is 0 Å². The van der Waals surface area contributed by atoms with Gasteiger partial charge in [0.15, 0.2) is 0 Å². The highest BCUT2D eigenvalue weighted by molar-refractivity contribution is 6.30. The van der Waals surface area contributed by atoms with Gasteiger partial charge in [-0.05, 0) is 74.7 Å². The third kappa shape index (κ3) is 6.37. The summed E-state index contributed by atoms with van der Waals surface area (Å²) in [4.78, 5) is 0. The normalized spacial score (nSPS) is 17.8. The molecule has 2 rings (SSSR count). The van der Waals surface area contributed by atoms with Crippen molar-refractivity contribution in [1.82, 2.24) is 5.32 Å². The van der Waals surface area contributed by atoms with E-state index in [0.717, 1.165) is 43.7 Å². The van der Waals surface area contributed by atoms with Gasteiger partial charge in [-0.25, -0.2) is 0 Å². The van der Waals surface area contributed by atoms with Crippen LogP contribution in [0.3, 0.4) is 0 Å². The first-order chi connectivity index (χ1) is 10.3. The van der Waals surface area contributed by atoms with E-state index in [1.165, 1.54) is 31.2 Å². The fourth-order valence-corrected chi connectivity index (χ4v) is 3.39. The van der Waals surface area contributed by atoms with Crippen LogP contribution >= 0.6 is 11.6 Å². The van der Waals surface area contributed by atoms with Gasteiger partial charge in [0.05, 0.1) is 0 Å². The molecule has 1 aliphatic rings. The molecular formula is C18H28ClNO. The van der Waals surface area contributed by atoms with E-state index in [9.17, 15) is 0 Å². The second kappa shape index (κ2) is 9.45. The molecule has 1 saturated heterocycles. The van der Waals surface area contributed by atoms with Crippen LogP contribution in [-0.2, 0) is 11.2 Å². The maximum absolute atomic E-state index is 6.11. The number of hydrogen-bond donors (Lipinski definition) is 1. The molecule has 1 N–H and O–H groups in total. The molecule has 0 radical (unpaired) electrons. The molecule has 0 amide bonds. The van der Waals surface area contributed by atoms with Crippen LogP contribution in [0.15, 0.2) is 24.3 Å². The van der Waals surface area contributed by atoms with Crippen LogP contribution < -0.4 is 5.32 Å². The van der Waals surface area contributed by atoms with Gasteiger partial charge in [0.25, 0.3) is 0 Å². The molecule has 0 spiro atoms. The van der Waals surface area contributed by atoms with E-state index in [0.29, 0.717) is 5.92 Å². The zero-order chi connectivity index (χ0) is 14.9. The monoisotopic (exact) mass is 309 g/mol. The maximum atomic E-state index is 6.11. The van der Waals surface area contributed by atoms with Gasteiger partial charge in [-0.2, -0.15) is 0 Å². The molecule has 118 valence electrons. The fourth-order valence-electron chi connectivity index (χ4n) is 3.17. The van der Waals surface area contributed by atoms with Gasteiger partial charge >= 0.3 is 0 Å². The summed E-state index contributed by atoms with van der Waals surface area (Å²) >= 11 is 6.11. The Labute approximate surface area is 134 Å². The van der Waals surface area contributed by atoms with Crippen molar-refractivity contribution in [3.63, 3.8) is 0 Å². The lowest BCUT2D eigenvalue weighted by Gasteiger charge is -2.27. The summed E-state index contributed by atoms with van der Waals surface area (Å²) in [6.07, 6.45) is 6.06. The SMILES string of the molecule is CCCNCC(Cc1cccc(Cl)c1)CC1CCOCC1. The predicted octanol–water partition coefficient (Wildman–Crippen LogP) is 4.32. The number of hydrogen-bond acceptors (Lipinski definition) is 2. The van der Waals surface area contributed by atoms with Crippen LogP contribution in [-0.4, -0.2) is 26.3 Å². The summed E-state index contributed by atoms with van der Waals surface area (Å²) in [6.45, 7) is 6.32. The summed E-state index contributed by atoms with van der Waals surface area (Å²) in [5.74, 6) is 1.52. The molecule has 0 aliphatic carbocycles. The molecular weight excluding hydrogens is 282 g/mol. The average molecular weight is 310 g/mol. The highest BCUT2D eigenvalue weighted by Gasteiger charge is 2.19. The molecule has 3 heteroatoms. The van der Waals surface area contributed by atoms with E-state index in [2.05, 4.69) is 30.4 Å². The molecule has 0 bridgehead atoms. The largest absolute Gasteiger partial charge is 0.381 e. The van der Waals surface area contributed by atoms with Crippen molar-refractivity contribution >= 4 is 11.6 Å². The molecule has 1 fully saturated rings. The topological polar surface area (TPSA) is 21.3 Å². The Hall–Kier alpha value is -0.570. The lowest BCUT2D eigenvalue weighted by atomic mass is 9.85. The second-order valence-electron chi connectivity index (χ2n) is 6.20. The van der Waals surface area contributed by atoms with Gasteiger partial charge in [-0.1, -0.05) is 30.7 Å². The van der Waals surface area contributed by atoms with Crippen LogP contribution in [0.5, 0.6) is 0 Å². The molecule has 1 aromatic carbocycles. The van der Waals surface area contributed by atoms with Crippen LogP contribution in [0.4, 0.5) is 0 Å². The Balaban J connectivity index is 1.90. The summed E-state index contributed by atoms with van der Waals surface area (Å²) in [5.41, 5.74) is 1.36. The molecule has 1 unspecified atom stereocenters. The van der Waals surface area contributed by atoms with Crippen molar-refractivity contribution in [2.45, 2.75) is 39.0 Å². The quantitative estimate of drug-likeness (QED) is 0.722. The lowest BCUT2D eigenvalue weighted by molar-refractivity contribution is 0.0585. The van der Waals surface area contributed by atoms with Gasteiger partial charge in [0.1, 0.15) is 0 Å². The predicted molar refractivity (Wildman–Crippen MR) is 90.0 cm³/mol. The summed E-state index contributed by atoms with van der Waals surface area (Å²) < 4.78 is 5.48. The minimum atomic E-state index is 0.693. The Morgan fingerprint density at radius 2 is 2.14 bits per heavy atom. The number of ether oxygens (including phenoxy) is 1. The van der Waals surface area contributed by atoms with Crippen molar-refractivity contribution in [2.75, 3.05) is 26.3 Å². The summed E-state index contributed by atoms with van der Waals surface area (Å²) in [5, 5.41) is 4.44. The zero-order valence-electron chi connectivity index (χ0n) is 13.1. The van der Waals surface area contributed by atoms with Crippen LogP contribution in [0, 0.1) is 11.8 Å². The molecule has 21 heavy (non-hydrogen) atoms. The average Bonchev–Trinajstić information content (AvgIpc) is 2.48. The summed E-state index contributed by atoms with van der Waals surface area (Å²) in [7, 11) is 0. The zero-order valence-corrected chi connectivity index (χ0v) is 13.9. The Kier molecular flexibility index (Phi) is 7.56. The smallest absolute Gasteiger partial charge is 0.0468 e. The minimum Gasteiger partial charge on any atom is -0.381 e. The third-order valence-corrected chi connectivity index (χ3v) is 4.52. The van der Waals surface area contributed by atoms with E-state index in [-0.39, 0.29) is 0 Å². The van der Waals surface area contributed by atoms with Crippen molar-refractivity contribution in [1.29, 1.82) is 0 Å². The molecule has 1 heterocycles. The number of rotatable bonds is 8. The lowest BCUT2D eigenvalue weighted by Crippen LogP contribution is -2.28. The molecule has 1 atom stereocenters. The number of halogens is 1. The van der Waals surface area contributed by atoms with E-state index < -0.39 is 0 Å². The van der Waals surface area contributed by atoms with Crippen molar-refractivity contribution < 1.29 is 4.74 Å². The first-order valence-electron chi connectivity index (χ1n) is 8.30. The van der Waals surface area contributed by atoms with Crippen LogP contribution in [0.2, 0.25) is 5.02 Å². The van der Waals surface area contributed by atoms with Crippen molar-refractivity contribution in [3.05, 3.63) is 34.9 Å². The minimum absolute atomic E-state index is 0.693. The maximum Gasteiger partial charge on any atom is 0.0468 e. The molecule has 0 aromatic heterocycles. The highest BCUT2D eigenvalue weighted by atomic mass is 35.5. The standard InChI is InChI=1S/C18H28ClNO/c1-2-8-20-14-17(11-15-6-9-21-10-7-15)12-16-4-3-5-18(19)13-16/h3-5,13,15,17,20H,2,6-12,14H2,1H3. The number of benzene rings is 1. The van der Waals surface area contributed by atoms with Gasteiger partial charge < -0.3 is 10.1 Å². The highest BCUT2D eigenvalue weighted by Crippen LogP contribution is 2.25. The Morgan fingerprint density at radius 3 is 2.86 bits per heavy atom. The molecule has 0 saturated carbocycles. The van der Waals surface area contributed by atoms with E-state index in [1.807, 2.05) is 6.07 Å². The Morgan fingerprint density at radius 1 is 1.33 bits per heavy atom. The fraction of sp³-hybridized carbons (Fsp3) is 0.667. The first-order valence-corrected chi connectivity index (χ1v) is 8.68. The van der Waals surface area contributed by atoms with Gasteiger partial charge in [-0.3, -0.25) is 0 Å². The molecule has 1 aliphatic heterocycles. The van der Waals surface area contributed by atoms with Gasteiger partial charge in [0, 0.05) is 18.2 Å². The van der Waals surface area contributed by atoms with E-state index in [4.69, 9.17) is 16.3 Å². The number of nitrogens with one attached hydrogen (secondary N) is 1. The second-order valence-corrected chi connectivity index (χ2v) is 6.63. The molecule has 2 nitrogen and oxygen atoms in total. The molecule has 1 aromatic rings.